The molecule has 1 aromatic rings. The van der Waals surface area contributed by atoms with Gasteiger partial charge in [0.1, 0.15) is 0 Å². The first-order valence-corrected chi connectivity index (χ1v) is 12.1. The van der Waals surface area contributed by atoms with Crippen molar-refractivity contribution in [3.63, 3.8) is 0 Å². The van der Waals surface area contributed by atoms with Crippen molar-refractivity contribution in [1.82, 2.24) is 5.32 Å². The van der Waals surface area contributed by atoms with Gasteiger partial charge in [0.25, 0.3) is 0 Å². The molecule has 2 N–H and O–H groups in total. The average molecular weight is 443 g/mol. The molecule has 2 atom stereocenters. The second-order valence-corrected chi connectivity index (χ2v) is 8.08. The standard InChI is InChI=1S/2C11H13NS.2C2H6/c1-8-3-2-4-9-5-6-11(13)12-10(9)7-8;1-8-6-7-9-4-2-3-5-10(9)12-11(8)13;2*1-2/h2-4,7-8H,5-6H2,1H3,(H,12,13);2-5,8H,6-7H2,1H3,(H,12,13);2*1-2H3. The van der Waals surface area contributed by atoms with E-state index in [9.17, 15) is 0 Å². The van der Waals surface area contributed by atoms with Crippen LogP contribution in [0.2, 0.25) is 0 Å². The number of fused-ring (bicyclic) bond motifs is 2. The van der Waals surface area contributed by atoms with Crippen molar-refractivity contribution in [1.29, 1.82) is 0 Å². The highest BCUT2D eigenvalue weighted by atomic mass is 32.1. The number of anilines is 1. The van der Waals surface area contributed by atoms with E-state index in [2.05, 4.69) is 67.0 Å². The number of para-hydroxylation sites is 1. The molecule has 2 heterocycles. The van der Waals surface area contributed by atoms with Gasteiger partial charge in [-0.1, -0.05) is 108 Å². The second-order valence-electron chi connectivity index (χ2n) is 7.15. The van der Waals surface area contributed by atoms with Crippen LogP contribution in [0.3, 0.4) is 0 Å². The highest BCUT2D eigenvalue weighted by molar-refractivity contribution is 7.80. The zero-order valence-corrected chi connectivity index (χ0v) is 21.1. The lowest BCUT2D eigenvalue weighted by Gasteiger charge is -2.21. The molecule has 2 unspecified atom stereocenters. The fraction of sp³-hybridized carbons (Fsp3) is 0.462. The minimum atomic E-state index is 0.497. The van der Waals surface area contributed by atoms with Crippen molar-refractivity contribution in [2.45, 2.75) is 67.2 Å². The van der Waals surface area contributed by atoms with Crippen LogP contribution in [-0.4, -0.2) is 9.98 Å². The predicted molar refractivity (Wildman–Crippen MR) is 142 cm³/mol. The summed E-state index contributed by atoms with van der Waals surface area (Å²) in [5.41, 5.74) is 5.18. The number of piperidine rings is 1. The number of benzene rings is 1. The van der Waals surface area contributed by atoms with Crippen LogP contribution in [0.5, 0.6) is 0 Å². The summed E-state index contributed by atoms with van der Waals surface area (Å²) < 4.78 is 0. The molecule has 0 saturated carbocycles. The molecule has 0 radical (unpaired) electrons. The number of hydrogen-bond acceptors (Lipinski definition) is 2. The Bertz CT molecular complexity index is 790. The van der Waals surface area contributed by atoms with E-state index >= 15 is 0 Å². The molecule has 0 amide bonds. The van der Waals surface area contributed by atoms with Gasteiger partial charge in [-0.25, -0.2) is 0 Å². The lowest BCUT2D eigenvalue weighted by atomic mass is 10.0. The largest absolute Gasteiger partial charge is 0.350 e. The number of thiocarbonyl (C=S) groups is 2. The third kappa shape index (κ3) is 8.16. The molecule has 1 aliphatic carbocycles. The summed E-state index contributed by atoms with van der Waals surface area (Å²) in [6, 6.07) is 8.40. The molecule has 2 aliphatic heterocycles. The lowest BCUT2D eigenvalue weighted by Crippen LogP contribution is -2.27. The van der Waals surface area contributed by atoms with Gasteiger partial charge in [-0.05, 0) is 42.4 Å². The van der Waals surface area contributed by atoms with Gasteiger partial charge in [0, 0.05) is 23.7 Å². The smallest absolute Gasteiger partial charge is 0.0826 e. The zero-order chi connectivity index (χ0) is 22.5. The van der Waals surface area contributed by atoms with E-state index in [-0.39, 0.29) is 0 Å². The van der Waals surface area contributed by atoms with Crippen LogP contribution in [0.4, 0.5) is 5.69 Å². The summed E-state index contributed by atoms with van der Waals surface area (Å²) in [6.07, 6.45) is 13.1. The van der Waals surface area contributed by atoms with E-state index in [4.69, 9.17) is 24.4 Å². The van der Waals surface area contributed by atoms with Crippen LogP contribution >= 0.6 is 24.4 Å². The fourth-order valence-electron chi connectivity index (χ4n) is 3.28. The molecular formula is C26H38N2S2. The molecule has 4 rings (SSSR count). The van der Waals surface area contributed by atoms with Gasteiger partial charge >= 0.3 is 0 Å². The van der Waals surface area contributed by atoms with Crippen molar-refractivity contribution in [2.75, 3.05) is 5.32 Å². The molecule has 0 spiro atoms. The Balaban J connectivity index is 0.000000258. The molecule has 2 nitrogen and oxygen atoms in total. The van der Waals surface area contributed by atoms with Crippen molar-refractivity contribution >= 4 is 40.1 Å². The van der Waals surface area contributed by atoms with E-state index in [1.54, 1.807) is 0 Å². The first-order valence-electron chi connectivity index (χ1n) is 11.3. The zero-order valence-electron chi connectivity index (χ0n) is 19.4. The van der Waals surface area contributed by atoms with Crippen LogP contribution in [0, 0.1) is 11.8 Å². The molecule has 30 heavy (non-hydrogen) atoms. The van der Waals surface area contributed by atoms with Gasteiger partial charge in [0.2, 0.25) is 0 Å². The summed E-state index contributed by atoms with van der Waals surface area (Å²) in [4.78, 5) is 1.95. The van der Waals surface area contributed by atoms with E-state index in [0.29, 0.717) is 11.8 Å². The first kappa shape index (κ1) is 26.3. The number of aryl methyl sites for hydroxylation is 1. The number of hydrogen-bond donors (Lipinski definition) is 2. The van der Waals surface area contributed by atoms with Gasteiger partial charge in [-0.3, -0.25) is 0 Å². The highest BCUT2D eigenvalue weighted by Crippen LogP contribution is 2.25. The van der Waals surface area contributed by atoms with Crippen molar-refractivity contribution < 1.29 is 0 Å². The van der Waals surface area contributed by atoms with Crippen LogP contribution in [0.1, 0.15) is 66.4 Å². The topological polar surface area (TPSA) is 24.1 Å². The summed E-state index contributed by atoms with van der Waals surface area (Å²) in [5.74, 6) is 1.000. The molecule has 1 fully saturated rings. The first-order chi connectivity index (χ1) is 14.5. The number of rotatable bonds is 0. The Hall–Kier alpha value is -1.78. The average Bonchev–Trinajstić information content (AvgIpc) is 3.04. The summed E-state index contributed by atoms with van der Waals surface area (Å²) in [7, 11) is 0. The lowest BCUT2D eigenvalue weighted by molar-refractivity contribution is 0.697. The van der Waals surface area contributed by atoms with Gasteiger partial charge < -0.3 is 10.6 Å². The molecule has 1 saturated heterocycles. The Labute approximate surface area is 194 Å². The molecule has 1 aromatic carbocycles. The van der Waals surface area contributed by atoms with Crippen molar-refractivity contribution in [2.24, 2.45) is 11.8 Å². The molecule has 0 bridgehead atoms. The van der Waals surface area contributed by atoms with Crippen molar-refractivity contribution in [3.05, 3.63) is 65.4 Å². The molecule has 4 heteroatoms. The Morgan fingerprint density at radius 2 is 1.60 bits per heavy atom. The Morgan fingerprint density at radius 1 is 0.900 bits per heavy atom. The SMILES string of the molecule is CC.CC.CC1C=CC=C2CCC(=S)NC2=C1.CC1CCc2ccccc2NC1=S. The van der Waals surface area contributed by atoms with Crippen molar-refractivity contribution in [3.8, 4) is 0 Å². The van der Waals surface area contributed by atoms with E-state index in [1.807, 2.05) is 33.8 Å². The highest BCUT2D eigenvalue weighted by Gasteiger charge is 2.16. The third-order valence-electron chi connectivity index (χ3n) is 4.95. The monoisotopic (exact) mass is 442 g/mol. The maximum atomic E-state index is 5.28. The Morgan fingerprint density at radius 3 is 2.33 bits per heavy atom. The molecule has 3 aliphatic rings. The normalized spacial score (nSPS) is 21.4. The fourth-order valence-corrected chi connectivity index (χ4v) is 3.72. The van der Waals surface area contributed by atoms with E-state index < -0.39 is 0 Å². The number of allylic oxidation sites excluding steroid dienone is 5. The van der Waals surface area contributed by atoms with Gasteiger partial charge in [0.15, 0.2) is 0 Å². The second kappa shape index (κ2) is 14.3. The number of nitrogens with one attached hydrogen (secondary N) is 2. The predicted octanol–water partition coefficient (Wildman–Crippen LogP) is 7.77. The molecule has 0 aromatic heterocycles. The van der Waals surface area contributed by atoms with Gasteiger partial charge in [-0.2, -0.15) is 0 Å². The summed E-state index contributed by atoms with van der Waals surface area (Å²) in [6.45, 7) is 12.4. The van der Waals surface area contributed by atoms with Crippen LogP contribution in [0.25, 0.3) is 0 Å². The van der Waals surface area contributed by atoms with Crippen LogP contribution in [-0.2, 0) is 6.42 Å². The van der Waals surface area contributed by atoms with Crippen LogP contribution < -0.4 is 10.6 Å². The van der Waals surface area contributed by atoms with Gasteiger partial charge in [-0.15, -0.1) is 0 Å². The van der Waals surface area contributed by atoms with E-state index in [0.717, 1.165) is 35.7 Å². The molecular weight excluding hydrogens is 404 g/mol. The molecule has 164 valence electrons. The van der Waals surface area contributed by atoms with Crippen LogP contribution in [0.15, 0.2) is 59.8 Å². The summed E-state index contributed by atoms with van der Waals surface area (Å²) in [5, 5.41) is 6.58. The maximum absolute atomic E-state index is 5.28. The summed E-state index contributed by atoms with van der Waals surface area (Å²) >= 11 is 10.4. The third-order valence-corrected chi connectivity index (χ3v) is 5.76. The van der Waals surface area contributed by atoms with Gasteiger partial charge in [0.05, 0.1) is 9.98 Å². The minimum Gasteiger partial charge on any atom is -0.350 e. The maximum Gasteiger partial charge on any atom is 0.0826 e. The minimum absolute atomic E-state index is 0.497. The quantitative estimate of drug-likeness (QED) is 0.401. The van der Waals surface area contributed by atoms with E-state index in [1.165, 1.54) is 22.5 Å². The Kier molecular flexibility index (Phi) is 12.5.